The van der Waals surface area contributed by atoms with E-state index in [0.717, 1.165) is 30.6 Å². The number of methoxy groups -OCH3 is 1. The van der Waals surface area contributed by atoms with Gasteiger partial charge in [-0.1, -0.05) is 24.3 Å². The number of rotatable bonds is 5. The van der Waals surface area contributed by atoms with Crippen LogP contribution in [0.1, 0.15) is 24.8 Å². The zero-order valence-electron chi connectivity index (χ0n) is 14.8. The minimum absolute atomic E-state index is 0.135. The highest BCUT2D eigenvalue weighted by atomic mass is 16.5. The van der Waals surface area contributed by atoms with Crippen LogP contribution in [0.4, 0.5) is 11.4 Å². The molecular weight excluding hydrogens is 328 g/mol. The molecular formula is C21H22N2O3. The molecule has 0 unspecified atom stereocenters. The standard InChI is InChI=1S/C21H22N2O3/c1-26-19-10-3-2-7-16(19)12-13-20(24)22-17-8-6-9-18(15-17)23-14-5-4-11-21(23)25/h2-3,6-10,12-13,15H,4-5,11,14H2,1H3,(H,22,24)/b13-12+. The molecule has 134 valence electrons. The lowest BCUT2D eigenvalue weighted by Crippen LogP contribution is -2.35. The van der Waals surface area contributed by atoms with Gasteiger partial charge in [-0.05, 0) is 43.2 Å². The fourth-order valence-corrected chi connectivity index (χ4v) is 2.98. The molecule has 1 heterocycles. The predicted molar refractivity (Wildman–Crippen MR) is 103 cm³/mol. The van der Waals surface area contributed by atoms with Crippen LogP contribution in [0.2, 0.25) is 0 Å². The second kappa shape index (κ2) is 8.34. The van der Waals surface area contributed by atoms with E-state index in [9.17, 15) is 9.59 Å². The summed E-state index contributed by atoms with van der Waals surface area (Å²) in [4.78, 5) is 26.1. The number of carbonyl (C=O) groups excluding carboxylic acids is 2. The molecule has 0 radical (unpaired) electrons. The third-order valence-corrected chi connectivity index (χ3v) is 4.30. The first-order chi connectivity index (χ1) is 12.7. The molecule has 1 N–H and O–H groups in total. The van der Waals surface area contributed by atoms with E-state index in [0.29, 0.717) is 17.9 Å². The van der Waals surface area contributed by atoms with Crippen molar-refractivity contribution in [3.05, 3.63) is 60.2 Å². The van der Waals surface area contributed by atoms with Gasteiger partial charge in [0.1, 0.15) is 5.75 Å². The van der Waals surface area contributed by atoms with Crippen LogP contribution in [0.15, 0.2) is 54.6 Å². The second-order valence-electron chi connectivity index (χ2n) is 6.12. The summed E-state index contributed by atoms with van der Waals surface area (Å²) < 4.78 is 5.27. The van der Waals surface area contributed by atoms with E-state index in [1.54, 1.807) is 18.1 Å². The van der Waals surface area contributed by atoms with Crippen molar-refractivity contribution in [3.8, 4) is 5.75 Å². The number of nitrogens with zero attached hydrogens (tertiary/aromatic N) is 1. The number of nitrogens with one attached hydrogen (secondary N) is 1. The van der Waals surface area contributed by atoms with Crippen LogP contribution in [0.25, 0.3) is 6.08 Å². The molecule has 2 aromatic rings. The molecule has 0 aromatic heterocycles. The Hall–Kier alpha value is -3.08. The lowest BCUT2D eigenvalue weighted by Gasteiger charge is -2.27. The fourth-order valence-electron chi connectivity index (χ4n) is 2.98. The quantitative estimate of drug-likeness (QED) is 0.833. The van der Waals surface area contributed by atoms with Gasteiger partial charge < -0.3 is 15.0 Å². The summed E-state index contributed by atoms with van der Waals surface area (Å²) in [6.45, 7) is 0.726. The average molecular weight is 350 g/mol. The summed E-state index contributed by atoms with van der Waals surface area (Å²) in [7, 11) is 1.60. The maximum Gasteiger partial charge on any atom is 0.248 e. The van der Waals surface area contributed by atoms with Crippen LogP contribution in [-0.4, -0.2) is 25.5 Å². The Labute approximate surface area is 153 Å². The van der Waals surface area contributed by atoms with E-state index in [2.05, 4.69) is 5.32 Å². The van der Waals surface area contributed by atoms with E-state index in [4.69, 9.17) is 4.74 Å². The molecule has 0 bridgehead atoms. The van der Waals surface area contributed by atoms with E-state index in [1.165, 1.54) is 6.08 Å². The highest BCUT2D eigenvalue weighted by Crippen LogP contribution is 2.24. The fraction of sp³-hybridized carbons (Fsp3) is 0.238. The van der Waals surface area contributed by atoms with Gasteiger partial charge in [0.2, 0.25) is 11.8 Å². The second-order valence-corrected chi connectivity index (χ2v) is 6.12. The van der Waals surface area contributed by atoms with Gasteiger partial charge in [-0.2, -0.15) is 0 Å². The number of hydrogen-bond donors (Lipinski definition) is 1. The lowest BCUT2D eigenvalue weighted by molar-refractivity contribution is -0.119. The van der Waals surface area contributed by atoms with Crippen LogP contribution < -0.4 is 15.0 Å². The Morgan fingerprint density at radius 2 is 2.00 bits per heavy atom. The number of para-hydroxylation sites is 1. The summed E-state index contributed by atoms with van der Waals surface area (Å²) in [5, 5.41) is 2.84. The number of benzene rings is 2. The number of anilines is 2. The van der Waals surface area contributed by atoms with Gasteiger partial charge in [-0.25, -0.2) is 0 Å². The van der Waals surface area contributed by atoms with E-state index >= 15 is 0 Å². The van der Waals surface area contributed by atoms with Crippen LogP contribution in [-0.2, 0) is 9.59 Å². The molecule has 1 aliphatic rings. The number of carbonyl (C=O) groups is 2. The summed E-state index contributed by atoms with van der Waals surface area (Å²) >= 11 is 0. The largest absolute Gasteiger partial charge is 0.496 e. The topological polar surface area (TPSA) is 58.6 Å². The Morgan fingerprint density at radius 1 is 1.15 bits per heavy atom. The Kier molecular flexibility index (Phi) is 5.69. The highest BCUT2D eigenvalue weighted by Gasteiger charge is 2.19. The van der Waals surface area contributed by atoms with Gasteiger partial charge >= 0.3 is 0 Å². The summed E-state index contributed by atoms with van der Waals surface area (Å²) in [6, 6.07) is 14.9. The molecule has 1 fully saturated rings. The molecule has 0 spiro atoms. The monoisotopic (exact) mass is 350 g/mol. The van der Waals surface area contributed by atoms with Gasteiger partial charge in [-0.15, -0.1) is 0 Å². The highest BCUT2D eigenvalue weighted by molar-refractivity contribution is 6.02. The molecule has 2 amide bonds. The predicted octanol–water partition coefficient (Wildman–Crippen LogP) is 3.86. The molecule has 0 aliphatic carbocycles. The van der Waals surface area contributed by atoms with E-state index in [-0.39, 0.29) is 11.8 Å². The third-order valence-electron chi connectivity index (χ3n) is 4.30. The van der Waals surface area contributed by atoms with Crippen LogP contribution in [0.5, 0.6) is 5.75 Å². The van der Waals surface area contributed by atoms with Crippen molar-refractivity contribution in [1.82, 2.24) is 0 Å². The molecule has 1 saturated heterocycles. The minimum Gasteiger partial charge on any atom is -0.496 e. The van der Waals surface area contributed by atoms with Gasteiger partial charge in [0.05, 0.1) is 7.11 Å². The maximum atomic E-state index is 12.2. The van der Waals surface area contributed by atoms with Crippen molar-refractivity contribution >= 4 is 29.3 Å². The smallest absolute Gasteiger partial charge is 0.248 e. The van der Waals surface area contributed by atoms with Crippen molar-refractivity contribution in [2.45, 2.75) is 19.3 Å². The first kappa shape index (κ1) is 17.7. The molecule has 5 heteroatoms. The molecule has 0 saturated carbocycles. The lowest BCUT2D eigenvalue weighted by atomic mass is 10.1. The SMILES string of the molecule is COc1ccccc1/C=C/C(=O)Nc1cccc(N2CCCCC2=O)c1. The van der Waals surface area contributed by atoms with Crippen LogP contribution >= 0.6 is 0 Å². The first-order valence-electron chi connectivity index (χ1n) is 8.70. The number of ether oxygens (including phenoxy) is 1. The Balaban J connectivity index is 1.68. The summed E-state index contributed by atoms with van der Waals surface area (Å²) in [5.74, 6) is 0.607. The van der Waals surface area contributed by atoms with Gasteiger partial charge in [0.15, 0.2) is 0 Å². The molecule has 0 atom stereocenters. The Bertz CT molecular complexity index is 830. The zero-order valence-corrected chi connectivity index (χ0v) is 14.8. The van der Waals surface area contributed by atoms with E-state index < -0.39 is 0 Å². The molecule has 1 aliphatic heterocycles. The molecule has 5 nitrogen and oxygen atoms in total. The first-order valence-corrected chi connectivity index (χ1v) is 8.70. The molecule has 26 heavy (non-hydrogen) atoms. The van der Waals surface area contributed by atoms with Crippen LogP contribution in [0.3, 0.4) is 0 Å². The zero-order chi connectivity index (χ0) is 18.4. The number of amides is 2. The average Bonchev–Trinajstić information content (AvgIpc) is 2.67. The number of piperidine rings is 1. The van der Waals surface area contributed by atoms with Crippen molar-refractivity contribution < 1.29 is 14.3 Å². The summed E-state index contributed by atoms with van der Waals surface area (Å²) in [5.41, 5.74) is 2.31. The number of hydrogen-bond acceptors (Lipinski definition) is 3. The normalized spacial score (nSPS) is 14.5. The van der Waals surface area contributed by atoms with Gasteiger partial charge in [-0.3, -0.25) is 9.59 Å². The van der Waals surface area contributed by atoms with E-state index in [1.807, 2.05) is 48.5 Å². The van der Waals surface area contributed by atoms with Crippen LogP contribution in [0, 0.1) is 0 Å². The third kappa shape index (κ3) is 4.30. The molecule has 3 rings (SSSR count). The van der Waals surface area contributed by atoms with Crippen molar-refractivity contribution in [2.24, 2.45) is 0 Å². The van der Waals surface area contributed by atoms with Gasteiger partial charge in [0.25, 0.3) is 0 Å². The van der Waals surface area contributed by atoms with Crippen molar-refractivity contribution in [1.29, 1.82) is 0 Å². The maximum absolute atomic E-state index is 12.2. The molecule has 2 aromatic carbocycles. The Morgan fingerprint density at radius 3 is 2.81 bits per heavy atom. The van der Waals surface area contributed by atoms with Crippen molar-refractivity contribution in [3.63, 3.8) is 0 Å². The van der Waals surface area contributed by atoms with Crippen molar-refractivity contribution in [2.75, 3.05) is 23.9 Å². The summed E-state index contributed by atoms with van der Waals surface area (Å²) in [6.07, 6.45) is 5.71. The van der Waals surface area contributed by atoms with Gasteiger partial charge in [0, 0.05) is 36.0 Å². The minimum atomic E-state index is -0.238.